The summed E-state index contributed by atoms with van der Waals surface area (Å²) in [6.07, 6.45) is 3.68. The lowest BCUT2D eigenvalue weighted by Crippen LogP contribution is -2.32. The van der Waals surface area contributed by atoms with E-state index in [1.165, 1.54) is 6.20 Å². The molecule has 1 aromatic heterocycles. The van der Waals surface area contributed by atoms with Gasteiger partial charge in [-0.2, -0.15) is 5.10 Å². The lowest BCUT2D eigenvalue weighted by Gasteiger charge is -2.17. The van der Waals surface area contributed by atoms with E-state index in [4.69, 9.17) is 11.6 Å². The van der Waals surface area contributed by atoms with Gasteiger partial charge in [-0.15, -0.1) is 0 Å². The van der Waals surface area contributed by atoms with Gasteiger partial charge in [0.15, 0.2) is 5.78 Å². The molecule has 104 valence electrons. The highest BCUT2D eigenvalue weighted by Gasteiger charge is 2.25. The van der Waals surface area contributed by atoms with Crippen molar-refractivity contribution in [2.24, 2.45) is 5.41 Å². The summed E-state index contributed by atoms with van der Waals surface area (Å²) in [5.41, 5.74) is -0.378. The lowest BCUT2D eigenvalue weighted by molar-refractivity contribution is -0.127. The molecule has 0 aromatic carbocycles. The van der Waals surface area contributed by atoms with E-state index in [0.29, 0.717) is 11.7 Å². The van der Waals surface area contributed by atoms with Crippen molar-refractivity contribution in [3.8, 4) is 0 Å². The van der Waals surface area contributed by atoms with Gasteiger partial charge < -0.3 is 5.32 Å². The summed E-state index contributed by atoms with van der Waals surface area (Å²) in [4.78, 5) is 23.9. The molecule has 1 fully saturated rings. The third-order valence-electron chi connectivity index (χ3n) is 3.05. The summed E-state index contributed by atoms with van der Waals surface area (Å²) in [6.45, 7) is 5.38. The van der Waals surface area contributed by atoms with Crippen LogP contribution in [0.3, 0.4) is 0 Å². The maximum Gasteiger partial charge on any atom is 0.288 e. The van der Waals surface area contributed by atoms with Crippen LogP contribution in [-0.4, -0.2) is 21.6 Å². The van der Waals surface area contributed by atoms with Gasteiger partial charge in [0.2, 0.25) is 0 Å². The number of nitrogens with one attached hydrogen (secondary N) is 1. The van der Waals surface area contributed by atoms with Crippen molar-refractivity contribution in [1.82, 2.24) is 9.78 Å². The molecular weight excluding hydrogens is 266 g/mol. The first kappa shape index (κ1) is 14.1. The van der Waals surface area contributed by atoms with Crippen LogP contribution in [0.2, 0.25) is 5.02 Å². The summed E-state index contributed by atoms with van der Waals surface area (Å²) in [7, 11) is 0. The minimum absolute atomic E-state index is 0.0498. The summed E-state index contributed by atoms with van der Waals surface area (Å²) >= 11 is 6.02. The number of nitrogens with zero attached hydrogens (tertiary/aromatic N) is 2. The average molecular weight is 284 g/mol. The fourth-order valence-electron chi connectivity index (χ4n) is 1.50. The van der Waals surface area contributed by atoms with Crippen molar-refractivity contribution in [2.75, 3.05) is 5.32 Å². The number of aromatic nitrogens is 2. The second kappa shape index (κ2) is 4.96. The highest BCUT2D eigenvalue weighted by Crippen LogP contribution is 2.26. The highest BCUT2D eigenvalue weighted by atomic mass is 35.5. The Balaban J connectivity index is 2.21. The zero-order chi connectivity index (χ0) is 14.2. The van der Waals surface area contributed by atoms with E-state index >= 15 is 0 Å². The number of rotatable bonds is 4. The molecule has 5 nitrogen and oxygen atoms in total. The average Bonchev–Trinajstić information content (AvgIpc) is 3.11. The van der Waals surface area contributed by atoms with Gasteiger partial charge in [-0.25, -0.2) is 4.68 Å². The molecule has 0 atom stereocenters. The molecule has 1 aliphatic rings. The minimum atomic E-state index is -0.501. The van der Waals surface area contributed by atoms with Crippen molar-refractivity contribution >= 4 is 23.1 Å². The zero-order valence-electron chi connectivity index (χ0n) is 11.4. The van der Waals surface area contributed by atoms with E-state index in [1.807, 2.05) is 20.8 Å². The number of ketones is 1. The van der Waals surface area contributed by atoms with Crippen LogP contribution in [0.4, 0.5) is 5.69 Å². The molecule has 19 heavy (non-hydrogen) atoms. The Labute approximate surface area is 117 Å². The number of halogens is 1. The first-order valence-corrected chi connectivity index (χ1v) is 6.72. The minimum Gasteiger partial charge on any atom is -0.380 e. The van der Waals surface area contributed by atoms with Crippen molar-refractivity contribution in [2.45, 2.75) is 46.2 Å². The molecule has 1 aromatic rings. The van der Waals surface area contributed by atoms with Gasteiger partial charge in [-0.3, -0.25) is 9.59 Å². The molecule has 0 unspecified atom stereocenters. The van der Waals surface area contributed by atoms with E-state index in [9.17, 15) is 9.59 Å². The maximum absolute atomic E-state index is 12.0. The predicted molar refractivity (Wildman–Crippen MR) is 74.6 cm³/mol. The molecule has 0 saturated heterocycles. The Bertz CT molecular complexity index is 556. The SMILES string of the molecule is CC(C)(C)C(=O)Cn1ncc(NC2CC2)c(Cl)c1=O. The van der Waals surface area contributed by atoms with Crippen molar-refractivity contribution in [3.63, 3.8) is 0 Å². The van der Waals surface area contributed by atoms with Crippen LogP contribution in [0.15, 0.2) is 11.0 Å². The maximum atomic E-state index is 12.0. The van der Waals surface area contributed by atoms with Crippen LogP contribution in [0.5, 0.6) is 0 Å². The molecule has 1 heterocycles. The molecule has 2 rings (SSSR count). The smallest absolute Gasteiger partial charge is 0.288 e. The monoisotopic (exact) mass is 283 g/mol. The summed E-state index contributed by atoms with van der Waals surface area (Å²) in [5, 5.41) is 7.25. The van der Waals surface area contributed by atoms with Crippen LogP contribution < -0.4 is 10.9 Å². The quantitative estimate of drug-likeness (QED) is 0.919. The lowest BCUT2D eigenvalue weighted by atomic mass is 9.91. The molecule has 1 saturated carbocycles. The van der Waals surface area contributed by atoms with Crippen molar-refractivity contribution < 1.29 is 4.79 Å². The largest absolute Gasteiger partial charge is 0.380 e. The topological polar surface area (TPSA) is 64.0 Å². The van der Waals surface area contributed by atoms with Gasteiger partial charge in [0.25, 0.3) is 5.56 Å². The van der Waals surface area contributed by atoms with E-state index in [1.54, 1.807) is 0 Å². The number of Topliss-reactive ketones (excluding diaryl/α,β-unsaturated/α-hetero) is 1. The predicted octanol–water partition coefficient (Wildman–Crippen LogP) is 2.09. The van der Waals surface area contributed by atoms with Gasteiger partial charge >= 0.3 is 0 Å². The fourth-order valence-corrected chi connectivity index (χ4v) is 1.70. The Morgan fingerprint density at radius 1 is 1.53 bits per heavy atom. The highest BCUT2D eigenvalue weighted by molar-refractivity contribution is 6.32. The molecule has 0 amide bonds. The number of carbonyl (C=O) groups excluding carboxylic acids is 1. The van der Waals surface area contributed by atoms with Gasteiger partial charge in [-0.1, -0.05) is 32.4 Å². The summed E-state index contributed by atoms with van der Waals surface area (Å²) in [5.74, 6) is -0.0546. The summed E-state index contributed by atoms with van der Waals surface area (Å²) < 4.78 is 1.12. The molecule has 0 bridgehead atoms. The first-order valence-electron chi connectivity index (χ1n) is 6.34. The molecule has 6 heteroatoms. The molecule has 1 N–H and O–H groups in total. The van der Waals surface area contributed by atoms with Gasteiger partial charge in [0.1, 0.15) is 11.6 Å². The van der Waals surface area contributed by atoms with Gasteiger partial charge in [-0.05, 0) is 12.8 Å². The second-order valence-corrected chi connectivity index (χ2v) is 6.30. The third kappa shape index (κ3) is 3.35. The zero-order valence-corrected chi connectivity index (χ0v) is 12.1. The standard InChI is InChI=1S/C13H18ClN3O2/c1-13(2,3)10(18)7-17-12(19)11(14)9(6-15-17)16-8-4-5-8/h6,8,16H,4-5,7H2,1-3H3. The number of hydrogen-bond donors (Lipinski definition) is 1. The van der Waals surface area contributed by atoms with Crippen LogP contribution in [0.1, 0.15) is 33.6 Å². The molecule has 1 aliphatic carbocycles. The van der Waals surface area contributed by atoms with Crippen molar-refractivity contribution in [1.29, 1.82) is 0 Å². The second-order valence-electron chi connectivity index (χ2n) is 5.93. The molecule has 0 spiro atoms. The first-order chi connectivity index (χ1) is 8.79. The van der Waals surface area contributed by atoms with Crippen LogP contribution in [0.25, 0.3) is 0 Å². The van der Waals surface area contributed by atoms with Gasteiger partial charge in [0, 0.05) is 11.5 Å². The van der Waals surface area contributed by atoms with E-state index in [-0.39, 0.29) is 17.4 Å². The number of carbonyl (C=O) groups is 1. The number of anilines is 1. The molecular formula is C13H18ClN3O2. The molecule has 0 aliphatic heterocycles. The van der Waals surface area contributed by atoms with Crippen LogP contribution >= 0.6 is 11.6 Å². The summed E-state index contributed by atoms with van der Waals surface area (Å²) in [6, 6.07) is 0.394. The Morgan fingerprint density at radius 2 is 2.16 bits per heavy atom. The number of hydrogen-bond acceptors (Lipinski definition) is 4. The van der Waals surface area contributed by atoms with Crippen LogP contribution in [-0.2, 0) is 11.3 Å². The Hall–Kier alpha value is -1.36. The van der Waals surface area contributed by atoms with Crippen LogP contribution in [0, 0.1) is 5.41 Å². The van der Waals surface area contributed by atoms with E-state index < -0.39 is 11.0 Å². The van der Waals surface area contributed by atoms with E-state index in [0.717, 1.165) is 17.5 Å². The fraction of sp³-hybridized carbons (Fsp3) is 0.615. The van der Waals surface area contributed by atoms with Gasteiger partial charge in [0.05, 0.1) is 11.9 Å². The van der Waals surface area contributed by atoms with Crippen molar-refractivity contribution in [3.05, 3.63) is 21.6 Å². The van der Waals surface area contributed by atoms with E-state index in [2.05, 4.69) is 10.4 Å². The Morgan fingerprint density at radius 3 is 2.68 bits per heavy atom. The molecule has 0 radical (unpaired) electrons. The normalized spacial score (nSPS) is 15.4. The third-order valence-corrected chi connectivity index (χ3v) is 3.42. The Kier molecular flexibility index (Phi) is 3.67.